The summed E-state index contributed by atoms with van der Waals surface area (Å²) < 4.78 is 26.4. The molecule has 3 aromatic carbocycles. The van der Waals surface area contributed by atoms with Crippen molar-refractivity contribution in [1.29, 1.82) is 0 Å². The lowest BCUT2D eigenvalue weighted by Gasteiger charge is -2.29. The fourth-order valence-electron chi connectivity index (χ4n) is 4.41. The molecule has 0 saturated heterocycles. The third-order valence-corrected chi connectivity index (χ3v) is 8.43. The van der Waals surface area contributed by atoms with Gasteiger partial charge < -0.3 is 14.6 Å². The molecule has 0 bridgehead atoms. The van der Waals surface area contributed by atoms with Crippen molar-refractivity contribution >= 4 is 52.7 Å². The van der Waals surface area contributed by atoms with Crippen LogP contribution in [0.25, 0.3) is 11.1 Å². The Kier molecular flexibility index (Phi) is 8.72. The zero-order chi connectivity index (χ0) is 29.1. The molecular formula is C29H24Cl2FN3O5S. The van der Waals surface area contributed by atoms with Crippen molar-refractivity contribution in [2.24, 2.45) is 0 Å². The Labute approximate surface area is 249 Å². The number of amides is 1. The van der Waals surface area contributed by atoms with Gasteiger partial charge in [-0.25, -0.2) is 14.0 Å². The van der Waals surface area contributed by atoms with Crippen LogP contribution in [0.15, 0.2) is 65.8 Å². The van der Waals surface area contributed by atoms with Crippen LogP contribution in [-0.2, 0) is 11.3 Å². The number of aromatic nitrogens is 2. The molecular weight excluding hydrogens is 592 g/mol. The highest BCUT2D eigenvalue weighted by Gasteiger charge is 2.27. The quantitative estimate of drug-likeness (QED) is 0.210. The Morgan fingerprint density at radius 1 is 1.15 bits per heavy atom. The van der Waals surface area contributed by atoms with E-state index in [4.69, 9.17) is 32.7 Å². The lowest BCUT2D eigenvalue weighted by atomic mass is 10.1. The van der Waals surface area contributed by atoms with Crippen molar-refractivity contribution in [3.05, 3.63) is 93.5 Å². The van der Waals surface area contributed by atoms with Crippen molar-refractivity contribution < 1.29 is 28.6 Å². The molecule has 41 heavy (non-hydrogen) atoms. The molecule has 1 aliphatic rings. The molecule has 1 N–H and O–H groups in total. The maximum absolute atomic E-state index is 13.6. The first kappa shape index (κ1) is 28.8. The Hall–Kier alpha value is -3.73. The summed E-state index contributed by atoms with van der Waals surface area (Å²) in [6, 6.07) is 13.0. The monoisotopic (exact) mass is 615 g/mol. The fourth-order valence-corrected chi connectivity index (χ4v) is 5.89. The van der Waals surface area contributed by atoms with Crippen LogP contribution >= 0.6 is 35.0 Å². The van der Waals surface area contributed by atoms with E-state index in [0.717, 1.165) is 21.7 Å². The average Bonchev–Trinajstić information content (AvgIpc) is 3.43. The van der Waals surface area contributed by atoms with Crippen LogP contribution in [-0.4, -0.2) is 52.5 Å². The van der Waals surface area contributed by atoms with Crippen LogP contribution in [0.5, 0.6) is 5.75 Å². The van der Waals surface area contributed by atoms with Gasteiger partial charge in [-0.1, -0.05) is 35.3 Å². The topological polar surface area (TPSA) is 93.9 Å². The largest absolute Gasteiger partial charge is 0.490 e. The number of carbonyl (C=O) groups excluding carboxylic acids is 1. The van der Waals surface area contributed by atoms with Gasteiger partial charge in [0.15, 0.2) is 0 Å². The number of rotatable bonds is 8. The molecule has 0 atom stereocenters. The van der Waals surface area contributed by atoms with Crippen molar-refractivity contribution in [2.45, 2.75) is 18.4 Å². The molecule has 0 radical (unpaired) electrons. The molecule has 0 aliphatic carbocycles. The molecule has 0 unspecified atom stereocenters. The van der Waals surface area contributed by atoms with Crippen molar-refractivity contribution in [3.8, 4) is 16.9 Å². The third kappa shape index (κ3) is 6.29. The zero-order valence-electron chi connectivity index (χ0n) is 21.8. The van der Waals surface area contributed by atoms with Gasteiger partial charge in [0, 0.05) is 45.1 Å². The smallest absolute Gasteiger partial charge is 0.414 e. The molecule has 0 fully saturated rings. The van der Waals surface area contributed by atoms with Gasteiger partial charge in [-0.2, -0.15) is 5.10 Å². The lowest BCUT2D eigenvalue weighted by Crippen LogP contribution is -2.36. The number of carboxylic acids is 1. The number of fused-ring (bicyclic) bond motifs is 1. The number of halogens is 3. The molecule has 1 aliphatic heterocycles. The van der Waals surface area contributed by atoms with Gasteiger partial charge >= 0.3 is 12.1 Å². The van der Waals surface area contributed by atoms with E-state index in [2.05, 4.69) is 5.10 Å². The molecule has 212 valence electrons. The Morgan fingerprint density at radius 3 is 2.78 bits per heavy atom. The summed E-state index contributed by atoms with van der Waals surface area (Å²) in [6.45, 7) is 2.52. The standard InChI is InChI=1S/C29H24Cl2FN3O5S/c1-17-25(8-7-23(32)26(17)31)39-10-11-40-29(38)35-9-12-41-27-21(3-2-4-24(27)35)20-14-33-34(16-20)15-19-13-18(28(36)37)5-6-22(19)30/h2-8,13-14,16H,9-12,15H2,1H3,(H,36,37). The van der Waals surface area contributed by atoms with Crippen LogP contribution < -0.4 is 9.64 Å². The second kappa shape index (κ2) is 12.4. The second-order valence-electron chi connectivity index (χ2n) is 9.14. The predicted molar refractivity (Wildman–Crippen MR) is 156 cm³/mol. The molecule has 4 aromatic rings. The SMILES string of the molecule is Cc1c(OCCOC(=O)N2CCSc3c(-c4cnn(Cc5cc(C(=O)O)ccc5Cl)c4)cccc32)ccc(F)c1Cl. The van der Waals surface area contributed by atoms with E-state index < -0.39 is 17.9 Å². The van der Waals surface area contributed by atoms with E-state index in [0.29, 0.717) is 40.7 Å². The minimum atomic E-state index is -1.03. The van der Waals surface area contributed by atoms with Crippen LogP contribution in [0.3, 0.4) is 0 Å². The van der Waals surface area contributed by atoms with Gasteiger partial charge in [-0.05, 0) is 48.9 Å². The molecule has 12 heteroatoms. The van der Waals surface area contributed by atoms with E-state index in [-0.39, 0.29) is 23.8 Å². The van der Waals surface area contributed by atoms with Gasteiger partial charge in [0.25, 0.3) is 0 Å². The lowest BCUT2D eigenvalue weighted by molar-refractivity contribution is 0.0696. The Morgan fingerprint density at radius 2 is 1.98 bits per heavy atom. The fraction of sp³-hybridized carbons (Fsp3) is 0.207. The number of hydrogen-bond donors (Lipinski definition) is 1. The first-order chi connectivity index (χ1) is 19.7. The zero-order valence-corrected chi connectivity index (χ0v) is 24.1. The molecule has 5 rings (SSSR count). The van der Waals surface area contributed by atoms with Crippen molar-refractivity contribution in [1.82, 2.24) is 9.78 Å². The maximum Gasteiger partial charge on any atom is 0.414 e. The van der Waals surface area contributed by atoms with Gasteiger partial charge in [-0.15, -0.1) is 11.8 Å². The highest BCUT2D eigenvalue weighted by Crippen LogP contribution is 2.42. The Balaban J connectivity index is 1.27. The normalized spacial score (nSPS) is 12.6. The summed E-state index contributed by atoms with van der Waals surface area (Å²) in [7, 11) is 0. The predicted octanol–water partition coefficient (Wildman–Crippen LogP) is 7.18. The summed E-state index contributed by atoms with van der Waals surface area (Å²) in [5.41, 5.74) is 3.76. The van der Waals surface area contributed by atoms with E-state index >= 15 is 0 Å². The van der Waals surface area contributed by atoms with Crippen molar-refractivity contribution in [3.63, 3.8) is 0 Å². The molecule has 0 saturated carbocycles. The average molecular weight is 616 g/mol. The number of thioether (sulfide) groups is 1. The van der Waals surface area contributed by atoms with Crippen molar-refractivity contribution in [2.75, 3.05) is 30.4 Å². The molecule has 0 spiro atoms. The molecule has 1 amide bonds. The summed E-state index contributed by atoms with van der Waals surface area (Å²) >= 11 is 13.9. The number of carboxylic acid groups (broad SMARTS) is 1. The van der Waals surface area contributed by atoms with Crippen LogP contribution in [0.2, 0.25) is 10.0 Å². The number of carbonyl (C=O) groups is 2. The number of benzene rings is 3. The maximum atomic E-state index is 13.6. The number of aromatic carboxylic acids is 1. The molecule has 8 nitrogen and oxygen atoms in total. The second-order valence-corrected chi connectivity index (χ2v) is 11.0. The number of anilines is 1. The Bertz CT molecular complexity index is 1630. The van der Waals surface area contributed by atoms with E-state index in [1.807, 2.05) is 24.4 Å². The van der Waals surface area contributed by atoms with Crippen LogP contribution in [0.4, 0.5) is 14.9 Å². The van der Waals surface area contributed by atoms with Crippen LogP contribution in [0, 0.1) is 12.7 Å². The summed E-state index contributed by atoms with van der Waals surface area (Å²) in [5, 5.41) is 14.2. The van der Waals surface area contributed by atoms with E-state index in [9.17, 15) is 19.1 Å². The van der Waals surface area contributed by atoms with Gasteiger partial charge in [-0.3, -0.25) is 9.58 Å². The van der Waals surface area contributed by atoms with Gasteiger partial charge in [0.05, 0.1) is 29.0 Å². The summed E-state index contributed by atoms with van der Waals surface area (Å²) in [6.07, 6.45) is 3.09. The summed E-state index contributed by atoms with van der Waals surface area (Å²) in [4.78, 5) is 26.9. The first-order valence-electron chi connectivity index (χ1n) is 12.5. The first-order valence-corrected chi connectivity index (χ1v) is 14.3. The highest BCUT2D eigenvalue weighted by molar-refractivity contribution is 7.99. The highest BCUT2D eigenvalue weighted by atomic mass is 35.5. The van der Waals surface area contributed by atoms with Crippen LogP contribution in [0.1, 0.15) is 21.5 Å². The number of nitrogens with zero attached hydrogens (tertiary/aromatic N) is 3. The summed E-state index contributed by atoms with van der Waals surface area (Å²) in [5.74, 6) is -0.449. The number of hydrogen-bond acceptors (Lipinski definition) is 6. The van der Waals surface area contributed by atoms with E-state index in [1.54, 1.807) is 40.5 Å². The molecule has 2 heterocycles. The number of ether oxygens (including phenoxy) is 2. The minimum absolute atomic E-state index is 0.000506. The van der Waals surface area contributed by atoms with E-state index in [1.165, 1.54) is 24.3 Å². The molecule has 1 aromatic heterocycles. The minimum Gasteiger partial charge on any atom is -0.490 e. The van der Waals surface area contributed by atoms with Gasteiger partial charge in [0.1, 0.15) is 24.8 Å². The third-order valence-electron chi connectivity index (χ3n) is 6.49. The van der Waals surface area contributed by atoms with Gasteiger partial charge in [0.2, 0.25) is 0 Å².